The van der Waals surface area contributed by atoms with Crippen LogP contribution in [0.2, 0.25) is 10.0 Å². The summed E-state index contributed by atoms with van der Waals surface area (Å²) in [7, 11) is 0. The fourth-order valence-corrected chi connectivity index (χ4v) is 3.13. The fourth-order valence-electron chi connectivity index (χ4n) is 2.60. The Morgan fingerprint density at radius 1 is 1.07 bits per heavy atom. The lowest BCUT2D eigenvalue weighted by Crippen LogP contribution is -2.17. The van der Waals surface area contributed by atoms with Gasteiger partial charge < -0.3 is 9.73 Å². The monoisotopic (exact) mass is 450 g/mol. The van der Waals surface area contributed by atoms with Gasteiger partial charge in [0, 0.05) is 21.7 Å². The van der Waals surface area contributed by atoms with Crippen LogP contribution in [0, 0.1) is 11.3 Å². The molecule has 1 amide bonds. The second kappa shape index (κ2) is 8.66. The third-order valence-electron chi connectivity index (χ3n) is 3.91. The van der Waals surface area contributed by atoms with E-state index in [1.807, 2.05) is 0 Å². The number of halogens is 5. The molecule has 1 N–H and O–H groups in total. The molecule has 0 aliphatic heterocycles. The SMILES string of the molecule is N#C/C(=C\c1ccc(-c2cc(Cl)cc(Cl)c2)o1)C(=O)Nc1ccccc1C(F)(F)F. The summed E-state index contributed by atoms with van der Waals surface area (Å²) in [6.45, 7) is 0. The van der Waals surface area contributed by atoms with E-state index < -0.39 is 28.9 Å². The van der Waals surface area contributed by atoms with Crippen molar-refractivity contribution in [1.29, 1.82) is 5.26 Å². The molecule has 1 aromatic heterocycles. The number of rotatable bonds is 4. The molecule has 0 atom stereocenters. The molecule has 9 heteroatoms. The van der Waals surface area contributed by atoms with Crippen LogP contribution in [0.5, 0.6) is 0 Å². The van der Waals surface area contributed by atoms with E-state index in [9.17, 15) is 23.2 Å². The average molecular weight is 451 g/mol. The lowest BCUT2D eigenvalue weighted by atomic mass is 10.1. The second-order valence-electron chi connectivity index (χ2n) is 6.03. The number of carbonyl (C=O) groups excluding carboxylic acids is 1. The Hall–Kier alpha value is -3.21. The molecule has 0 spiro atoms. The minimum Gasteiger partial charge on any atom is -0.457 e. The molecular weight excluding hydrogens is 440 g/mol. The number of benzene rings is 2. The summed E-state index contributed by atoms with van der Waals surface area (Å²) >= 11 is 11.9. The van der Waals surface area contributed by atoms with Gasteiger partial charge >= 0.3 is 6.18 Å². The Morgan fingerprint density at radius 2 is 1.73 bits per heavy atom. The van der Waals surface area contributed by atoms with E-state index in [0.29, 0.717) is 21.4 Å². The third-order valence-corrected chi connectivity index (χ3v) is 4.34. The summed E-state index contributed by atoms with van der Waals surface area (Å²) < 4.78 is 44.8. The van der Waals surface area contributed by atoms with Gasteiger partial charge in [0.05, 0.1) is 11.3 Å². The normalized spacial score (nSPS) is 11.8. The Bertz CT molecular complexity index is 1160. The average Bonchev–Trinajstić information content (AvgIpc) is 3.13. The number of furan rings is 1. The van der Waals surface area contributed by atoms with Gasteiger partial charge in [0.2, 0.25) is 0 Å². The van der Waals surface area contributed by atoms with E-state index >= 15 is 0 Å². The van der Waals surface area contributed by atoms with Crippen molar-refractivity contribution in [2.24, 2.45) is 0 Å². The second-order valence-corrected chi connectivity index (χ2v) is 6.90. The van der Waals surface area contributed by atoms with Crippen LogP contribution < -0.4 is 5.32 Å². The minimum absolute atomic E-state index is 0.150. The van der Waals surface area contributed by atoms with E-state index in [-0.39, 0.29) is 5.76 Å². The van der Waals surface area contributed by atoms with Crippen molar-refractivity contribution in [2.45, 2.75) is 6.18 Å². The topological polar surface area (TPSA) is 66.0 Å². The zero-order chi connectivity index (χ0) is 21.9. The molecule has 0 radical (unpaired) electrons. The molecule has 0 bridgehead atoms. The van der Waals surface area contributed by atoms with Crippen molar-refractivity contribution in [3.05, 3.63) is 81.5 Å². The molecule has 1 heterocycles. The van der Waals surface area contributed by atoms with E-state index in [1.165, 1.54) is 18.2 Å². The maximum atomic E-state index is 13.1. The van der Waals surface area contributed by atoms with Gasteiger partial charge in [-0.3, -0.25) is 4.79 Å². The molecule has 0 unspecified atom stereocenters. The maximum absolute atomic E-state index is 13.1. The number of nitrogens with zero attached hydrogens (tertiary/aromatic N) is 1. The van der Waals surface area contributed by atoms with Gasteiger partial charge in [0.25, 0.3) is 5.91 Å². The van der Waals surface area contributed by atoms with Crippen LogP contribution in [0.1, 0.15) is 11.3 Å². The van der Waals surface area contributed by atoms with E-state index in [2.05, 4.69) is 5.32 Å². The number of nitriles is 1. The summed E-state index contributed by atoms with van der Waals surface area (Å²) in [5, 5.41) is 12.2. The lowest BCUT2D eigenvalue weighted by molar-refractivity contribution is -0.137. The summed E-state index contributed by atoms with van der Waals surface area (Å²) in [5.74, 6) is -0.472. The summed E-state index contributed by atoms with van der Waals surface area (Å²) in [4.78, 5) is 12.3. The van der Waals surface area contributed by atoms with E-state index in [1.54, 1.807) is 30.3 Å². The number of anilines is 1. The van der Waals surface area contributed by atoms with Crippen LogP contribution in [0.15, 0.2) is 64.6 Å². The van der Waals surface area contributed by atoms with Gasteiger partial charge in [-0.15, -0.1) is 0 Å². The predicted octanol–water partition coefficient (Wildman–Crippen LogP) is 6.82. The van der Waals surface area contributed by atoms with Gasteiger partial charge in [-0.2, -0.15) is 18.4 Å². The molecule has 152 valence electrons. The smallest absolute Gasteiger partial charge is 0.418 e. The third kappa shape index (κ3) is 5.03. The fraction of sp³-hybridized carbons (Fsp3) is 0.0476. The molecule has 2 aromatic carbocycles. The number of alkyl halides is 3. The van der Waals surface area contributed by atoms with Gasteiger partial charge in [0.1, 0.15) is 23.2 Å². The highest BCUT2D eigenvalue weighted by Gasteiger charge is 2.33. The van der Waals surface area contributed by atoms with Crippen LogP contribution in [0.25, 0.3) is 17.4 Å². The van der Waals surface area contributed by atoms with Crippen LogP contribution in [-0.4, -0.2) is 5.91 Å². The molecule has 3 aromatic rings. The first-order valence-corrected chi connectivity index (χ1v) is 9.08. The van der Waals surface area contributed by atoms with Crippen molar-refractivity contribution < 1.29 is 22.4 Å². The molecule has 30 heavy (non-hydrogen) atoms. The summed E-state index contributed by atoms with van der Waals surface area (Å²) in [5.41, 5.74) is -1.33. The maximum Gasteiger partial charge on any atom is 0.418 e. The van der Waals surface area contributed by atoms with Crippen molar-refractivity contribution in [1.82, 2.24) is 0 Å². The highest BCUT2D eigenvalue weighted by molar-refractivity contribution is 6.35. The predicted molar refractivity (Wildman–Crippen MR) is 108 cm³/mol. The first-order valence-electron chi connectivity index (χ1n) is 8.33. The van der Waals surface area contributed by atoms with Crippen LogP contribution in [-0.2, 0) is 11.0 Å². The minimum atomic E-state index is -4.66. The summed E-state index contributed by atoms with van der Waals surface area (Å²) in [6.07, 6.45) is -3.53. The van der Waals surface area contributed by atoms with E-state index in [4.69, 9.17) is 27.6 Å². The van der Waals surface area contributed by atoms with Gasteiger partial charge in [-0.1, -0.05) is 35.3 Å². The number of hydrogen-bond acceptors (Lipinski definition) is 3. The molecule has 0 aliphatic carbocycles. The lowest BCUT2D eigenvalue weighted by Gasteiger charge is -2.13. The van der Waals surface area contributed by atoms with Crippen LogP contribution in [0.4, 0.5) is 18.9 Å². The molecule has 0 aliphatic rings. The Kier molecular flexibility index (Phi) is 6.20. The molecule has 4 nitrogen and oxygen atoms in total. The Morgan fingerprint density at radius 3 is 2.37 bits per heavy atom. The number of carbonyl (C=O) groups is 1. The molecule has 0 fully saturated rings. The van der Waals surface area contributed by atoms with Crippen molar-refractivity contribution in [2.75, 3.05) is 5.32 Å². The molecule has 3 rings (SSSR count). The van der Waals surface area contributed by atoms with Crippen molar-refractivity contribution >= 4 is 40.9 Å². The number of amides is 1. The van der Waals surface area contributed by atoms with Gasteiger partial charge in [-0.05, 0) is 42.5 Å². The largest absolute Gasteiger partial charge is 0.457 e. The van der Waals surface area contributed by atoms with E-state index in [0.717, 1.165) is 18.2 Å². The zero-order valence-corrected chi connectivity index (χ0v) is 16.4. The van der Waals surface area contributed by atoms with Crippen molar-refractivity contribution in [3.8, 4) is 17.4 Å². The number of para-hydroxylation sites is 1. The molecular formula is C21H11Cl2F3N2O2. The number of hydrogen-bond donors (Lipinski definition) is 1. The first-order chi connectivity index (χ1) is 14.2. The Labute approximate surface area is 179 Å². The van der Waals surface area contributed by atoms with Gasteiger partial charge in [-0.25, -0.2) is 0 Å². The highest BCUT2D eigenvalue weighted by atomic mass is 35.5. The summed E-state index contributed by atoms with van der Waals surface area (Å²) in [6, 6.07) is 14.0. The first kappa shape index (κ1) is 21.5. The van der Waals surface area contributed by atoms with Crippen LogP contribution in [0.3, 0.4) is 0 Å². The number of nitrogens with one attached hydrogen (secondary N) is 1. The zero-order valence-electron chi connectivity index (χ0n) is 14.9. The van der Waals surface area contributed by atoms with Gasteiger partial charge in [0.15, 0.2) is 0 Å². The van der Waals surface area contributed by atoms with Crippen molar-refractivity contribution in [3.63, 3.8) is 0 Å². The standard InChI is InChI=1S/C21H11Cl2F3N2O2/c22-14-7-12(8-15(23)10-14)19-6-5-16(30-19)9-13(11-27)20(29)28-18-4-2-1-3-17(18)21(24,25)26/h1-10H,(H,28,29)/b13-9+. The molecule has 0 saturated carbocycles. The van der Waals surface area contributed by atoms with Crippen LogP contribution >= 0.6 is 23.2 Å². The Balaban J connectivity index is 1.86. The quantitative estimate of drug-likeness (QED) is 0.350. The highest BCUT2D eigenvalue weighted by Crippen LogP contribution is 2.35. The molecule has 0 saturated heterocycles.